The lowest BCUT2D eigenvalue weighted by Gasteiger charge is -2.21. The molecule has 1 aromatic carbocycles. The first-order chi connectivity index (χ1) is 10.2. The van der Waals surface area contributed by atoms with Crippen molar-refractivity contribution in [3.8, 4) is 5.75 Å². The van der Waals surface area contributed by atoms with Crippen molar-refractivity contribution in [2.75, 3.05) is 18.9 Å². The number of hydrogen-bond acceptors (Lipinski definition) is 3. The summed E-state index contributed by atoms with van der Waals surface area (Å²) in [5.74, 6) is 1.59. The Kier molecular flexibility index (Phi) is 6.38. The van der Waals surface area contributed by atoms with Gasteiger partial charge in [0.15, 0.2) is 0 Å². The molecule has 1 saturated carbocycles. The van der Waals surface area contributed by atoms with E-state index >= 15 is 0 Å². The molecule has 0 aliphatic heterocycles. The van der Waals surface area contributed by atoms with Crippen LogP contribution in [0.2, 0.25) is 0 Å². The van der Waals surface area contributed by atoms with E-state index in [1.165, 1.54) is 32.1 Å². The van der Waals surface area contributed by atoms with Gasteiger partial charge in [0.25, 0.3) is 0 Å². The Morgan fingerprint density at radius 2 is 2.10 bits per heavy atom. The Balaban J connectivity index is 1.55. The standard InChI is InChI=1S/C17H26N2O2/c18-15-7-4-8-16(13-15)21-12-10-17(20)19-11-9-14-5-2-1-3-6-14/h4,7-8,13-14H,1-3,5-6,9-12,18H2,(H,19,20). The van der Waals surface area contributed by atoms with Crippen LogP contribution in [-0.4, -0.2) is 19.1 Å². The molecule has 1 fully saturated rings. The summed E-state index contributed by atoms with van der Waals surface area (Å²) in [6.07, 6.45) is 8.24. The molecule has 1 aliphatic rings. The van der Waals surface area contributed by atoms with E-state index in [-0.39, 0.29) is 5.91 Å². The summed E-state index contributed by atoms with van der Waals surface area (Å²) >= 11 is 0. The van der Waals surface area contributed by atoms with Gasteiger partial charge in [0, 0.05) is 18.3 Å². The van der Waals surface area contributed by atoms with E-state index in [2.05, 4.69) is 5.32 Å². The molecule has 0 aromatic heterocycles. The van der Waals surface area contributed by atoms with E-state index in [1.807, 2.05) is 18.2 Å². The maximum absolute atomic E-state index is 11.7. The van der Waals surface area contributed by atoms with Crippen molar-refractivity contribution < 1.29 is 9.53 Å². The lowest BCUT2D eigenvalue weighted by molar-refractivity contribution is -0.121. The maximum Gasteiger partial charge on any atom is 0.223 e. The summed E-state index contributed by atoms with van der Waals surface area (Å²) in [4.78, 5) is 11.7. The number of hydrogen-bond donors (Lipinski definition) is 2. The molecule has 1 aromatic rings. The lowest BCUT2D eigenvalue weighted by Crippen LogP contribution is -2.27. The van der Waals surface area contributed by atoms with Gasteiger partial charge in [-0.05, 0) is 24.5 Å². The first-order valence-corrected chi connectivity index (χ1v) is 7.99. The molecule has 0 heterocycles. The highest BCUT2D eigenvalue weighted by Gasteiger charge is 2.13. The number of nitrogens with two attached hydrogens (primary N) is 1. The molecule has 116 valence electrons. The molecular formula is C17H26N2O2. The van der Waals surface area contributed by atoms with Crippen LogP contribution in [0.5, 0.6) is 5.75 Å². The quantitative estimate of drug-likeness (QED) is 0.758. The first kappa shape index (κ1) is 15.7. The highest BCUT2D eigenvalue weighted by Crippen LogP contribution is 2.25. The van der Waals surface area contributed by atoms with Crippen LogP contribution in [0.3, 0.4) is 0 Å². The predicted octanol–water partition coefficient (Wildman–Crippen LogP) is 3.12. The molecule has 0 radical (unpaired) electrons. The zero-order chi connectivity index (χ0) is 14.9. The van der Waals surface area contributed by atoms with E-state index < -0.39 is 0 Å². The largest absolute Gasteiger partial charge is 0.493 e. The number of benzene rings is 1. The van der Waals surface area contributed by atoms with Crippen LogP contribution in [0.15, 0.2) is 24.3 Å². The third-order valence-electron chi connectivity index (χ3n) is 4.06. The van der Waals surface area contributed by atoms with Crippen molar-refractivity contribution in [3.05, 3.63) is 24.3 Å². The molecule has 21 heavy (non-hydrogen) atoms. The van der Waals surface area contributed by atoms with Gasteiger partial charge in [0.2, 0.25) is 5.91 Å². The van der Waals surface area contributed by atoms with Crippen molar-refractivity contribution in [2.45, 2.75) is 44.9 Å². The molecular weight excluding hydrogens is 264 g/mol. The molecule has 0 spiro atoms. The second kappa shape index (κ2) is 8.55. The smallest absolute Gasteiger partial charge is 0.223 e. The fourth-order valence-corrected chi connectivity index (χ4v) is 2.85. The Morgan fingerprint density at radius 3 is 2.86 bits per heavy atom. The minimum Gasteiger partial charge on any atom is -0.493 e. The van der Waals surface area contributed by atoms with Crippen molar-refractivity contribution in [2.24, 2.45) is 5.92 Å². The highest BCUT2D eigenvalue weighted by atomic mass is 16.5. The van der Waals surface area contributed by atoms with Gasteiger partial charge >= 0.3 is 0 Å². The number of anilines is 1. The number of nitrogens with one attached hydrogen (secondary N) is 1. The van der Waals surface area contributed by atoms with Gasteiger partial charge in [-0.3, -0.25) is 4.79 Å². The molecule has 0 unspecified atom stereocenters. The summed E-state index contributed by atoms with van der Waals surface area (Å²) in [6, 6.07) is 7.26. The second-order valence-corrected chi connectivity index (χ2v) is 5.81. The minimum atomic E-state index is 0.0645. The normalized spacial score (nSPS) is 15.6. The van der Waals surface area contributed by atoms with E-state index in [1.54, 1.807) is 6.07 Å². The van der Waals surface area contributed by atoms with E-state index in [9.17, 15) is 4.79 Å². The van der Waals surface area contributed by atoms with E-state index in [0.29, 0.717) is 24.5 Å². The molecule has 2 rings (SSSR count). The van der Waals surface area contributed by atoms with Crippen LogP contribution < -0.4 is 15.8 Å². The molecule has 1 aliphatic carbocycles. The number of carbonyl (C=O) groups is 1. The summed E-state index contributed by atoms with van der Waals surface area (Å²) in [5.41, 5.74) is 6.34. The Morgan fingerprint density at radius 1 is 1.29 bits per heavy atom. The van der Waals surface area contributed by atoms with E-state index in [4.69, 9.17) is 10.5 Å². The third kappa shape index (κ3) is 6.06. The SMILES string of the molecule is Nc1cccc(OCCC(=O)NCCC2CCCCC2)c1. The summed E-state index contributed by atoms with van der Waals surface area (Å²) in [6.45, 7) is 1.18. The van der Waals surface area contributed by atoms with Crippen LogP contribution in [0, 0.1) is 5.92 Å². The van der Waals surface area contributed by atoms with Gasteiger partial charge in [-0.1, -0.05) is 38.2 Å². The number of rotatable bonds is 7. The van der Waals surface area contributed by atoms with Gasteiger partial charge < -0.3 is 15.8 Å². The van der Waals surface area contributed by atoms with Crippen LogP contribution in [0.25, 0.3) is 0 Å². The predicted molar refractivity (Wildman–Crippen MR) is 85.2 cm³/mol. The van der Waals surface area contributed by atoms with E-state index in [0.717, 1.165) is 18.9 Å². The number of ether oxygens (including phenoxy) is 1. The van der Waals surface area contributed by atoms with Crippen molar-refractivity contribution in [1.29, 1.82) is 0 Å². The summed E-state index contributed by atoms with van der Waals surface area (Å²) in [7, 11) is 0. The highest BCUT2D eigenvalue weighted by molar-refractivity contribution is 5.75. The number of carbonyl (C=O) groups excluding carboxylic acids is 1. The second-order valence-electron chi connectivity index (χ2n) is 5.81. The summed E-state index contributed by atoms with van der Waals surface area (Å²) < 4.78 is 5.51. The van der Waals surface area contributed by atoms with Gasteiger partial charge in [0.1, 0.15) is 5.75 Å². The number of amides is 1. The van der Waals surface area contributed by atoms with Crippen LogP contribution >= 0.6 is 0 Å². The molecule has 0 atom stereocenters. The van der Waals surface area contributed by atoms with Crippen LogP contribution in [0.1, 0.15) is 44.9 Å². The minimum absolute atomic E-state index is 0.0645. The average molecular weight is 290 g/mol. The molecule has 4 nitrogen and oxygen atoms in total. The molecule has 0 bridgehead atoms. The van der Waals surface area contributed by atoms with Crippen LogP contribution in [-0.2, 0) is 4.79 Å². The topological polar surface area (TPSA) is 64.3 Å². The zero-order valence-electron chi connectivity index (χ0n) is 12.6. The Labute approximate surface area is 127 Å². The molecule has 3 N–H and O–H groups in total. The molecule has 1 amide bonds. The zero-order valence-corrected chi connectivity index (χ0v) is 12.6. The number of nitrogen functional groups attached to an aromatic ring is 1. The van der Waals surface area contributed by atoms with Gasteiger partial charge in [-0.2, -0.15) is 0 Å². The van der Waals surface area contributed by atoms with Gasteiger partial charge in [-0.15, -0.1) is 0 Å². The van der Waals surface area contributed by atoms with Crippen molar-refractivity contribution in [1.82, 2.24) is 5.32 Å². The van der Waals surface area contributed by atoms with Gasteiger partial charge in [0.05, 0.1) is 13.0 Å². The first-order valence-electron chi connectivity index (χ1n) is 7.99. The average Bonchev–Trinajstić information content (AvgIpc) is 2.48. The third-order valence-corrected chi connectivity index (χ3v) is 4.06. The van der Waals surface area contributed by atoms with Crippen molar-refractivity contribution in [3.63, 3.8) is 0 Å². The summed E-state index contributed by atoms with van der Waals surface area (Å²) in [5, 5.41) is 2.98. The molecule has 0 saturated heterocycles. The van der Waals surface area contributed by atoms with Crippen molar-refractivity contribution >= 4 is 11.6 Å². The maximum atomic E-state index is 11.7. The Hall–Kier alpha value is -1.71. The lowest BCUT2D eigenvalue weighted by atomic mass is 9.87. The fraction of sp³-hybridized carbons (Fsp3) is 0.588. The monoisotopic (exact) mass is 290 g/mol. The Bertz CT molecular complexity index is 442. The fourth-order valence-electron chi connectivity index (χ4n) is 2.85. The van der Waals surface area contributed by atoms with Gasteiger partial charge in [-0.25, -0.2) is 0 Å². The van der Waals surface area contributed by atoms with Crippen LogP contribution in [0.4, 0.5) is 5.69 Å². The molecule has 4 heteroatoms.